The first kappa shape index (κ1) is 14.0. The zero-order chi connectivity index (χ0) is 12.8. The van der Waals surface area contributed by atoms with Crippen molar-refractivity contribution in [1.82, 2.24) is 0 Å². The van der Waals surface area contributed by atoms with E-state index in [1.165, 1.54) is 6.07 Å². The van der Waals surface area contributed by atoms with Gasteiger partial charge in [-0.1, -0.05) is 0 Å². The number of esters is 2. The molecular formula is C12H13IO4. The van der Waals surface area contributed by atoms with Gasteiger partial charge in [0.1, 0.15) is 0 Å². The number of rotatable bonds is 4. The van der Waals surface area contributed by atoms with E-state index in [9.17, 15) is 9.59 Å². The molecule has 1 aromatic rings. The van der Waals surface area contributed by atoms with Crippen LogP contribution in [0.1, 0.15) is 34.6 Å². The molecule has 92 valence electrons. The molecule has 4 nitrogen and oxygen atoms in total. The molecule has 5 heteroatoms. The quantitative estimate of drug-likeness (QED) is 0.620. The molecule has 0 spiro atoms. The minimum Gasteiger partial charge on any atom is -0.462 e. The van der Waals surface area contributed by atoms with Crippen molar-refractivity contribution >= 4 is 34.5 Å². The minimum atomic E-state index is -0.434. The first-order valence-corrected chi connectivity index (χ1v) is 6.31. The molecule has 17 heavy (non-hydrogen) atoms. The van der Waals surface area contributed by atoms with Gasteiger partial charge in [-0.3, -0.25) is 0 Å². The lowest BCUT2D eigenvalue weighted by molar-refractivity contribution is 0.0525. The average Bonchev–Trinajstić information content (AvgIpc) is 2.29. The molecule has 0 aliphatic rings. The number of hydrogen-bond acceptors (Lipinski definition) is 4. The second-order valence-electron chi connectivity index (χ2n) is 3.17. The van der Waals surface area contributed by atoms with Gasteiger partial charge in [-0.25, -0.2) is 9.59 Å². The highest BCUT2D eigenvalue weighted by atomic mass is 127. The number of carbonyl (C=O) groups is 2. The van der Waals surface area contributed by atoms with E-state index in [0.29, 0.717) is 24.3 Å². The van der Waals surface area contributed by atoms with Crippen LogP contribution in [0.3, 0.4) is 0 Å². The predicted octanol–water partition coefficient (Wildman–Crippen LogP) is 2.64. The average molecular weight is 348 g/mol. The molecule has 0 fully saturated rings. The number of benzene rings is 1. The van der Waals surface area contributed by atoms with Gasteiger partial charge in [0.05, 0.1) is 24.3 Å². The molecule has 0 radical (unpaired) electrons. The first-order chi connectivity index (χ1) is 8.08. The Balaban J connectivity index is 3.01. The Labute approximate surface area is 113 Å². The topological polar surface area (TPSA) is 52.6 Å². The summed E-state index contributed by atoms with van der Waals surface area (Å²) < 4.78 is 10.6. The van der Waals surface area contributed by atoms with Crippen LogP contribution in [-0.2, 0) is 9.47 Å². The summed E-state index contributed by atoms with van der Waals surface area (Å²) in [6.07, 6.45) is 0. The lowest BCUT2D eigenvalue weighted by Gasteiger charge is -2.06. The van der Waals surface area contributed by atoms with Gasteiger partial charge >= 0.3 is 11.9 Å². The Morgan fingerprint density at radius 3 is 1.76 bits per heavy atom. The number of ether oxygens (including phenoxy) is 2. The zero-order valence-corrected chi connectivity index (χ0v) is 11.8. The molecule has 0 amide bonds. The van der Waals surface area contributed by atoms with Gasteiger partial charge in [0, 0.05) is 3.57 Å². The fraction of sp³-hybridized carbons (Fsp3) is 0.333. The van der Waals surface area contributed by atoms with E-state index in [4.69, 9.17) is 9.47 Å². The van der Waals surface area contributed by atoms with Crippen LogP contribution >= 0.6 is 22.6 Å². The predicted molar refractivity (Wildman–Crippen MR) is 71.1 cm³/mol. The normalized spacial score (nSPS) is 9.82. The molecular weight excluding hydrogens is 335 g/mol. The van der Waals surface area contributed by atoms with Crippen LogP contribution in [0.25, 0.3) is 0 Å². The summed E-state index contributed by atoms with van der Waals surface area (Å²) in [5.41, 5.74) is 0.726. The van der Waals surface area contributed by atoms with Crippen molar-refractivity contribution in [3.8, 4) is 0 Å². The Morgan fingerprint density at radius 1 is 1.00 bits per heavy atom. The summed E-state index contributed by atoms with van der Waals surface area (Å²) in [5, 5.41) is 0. The second kappa shape index (κ2) is 6.58. The Bertz CT molecular complexity index is 392. The van der Waals surface area contributed by atoms with Crippen molar-refractivity contribution in [1.29, 1.82) is 0 Å². The summed E-state index contributed by atoms with van der Waals surface area (Å²) >= 11 is 2.04. The molecule has 1 aromatic carbocycles. The number of halogens is 1. The fourth-order valence-electron chi connectivity index (χ4n) is 1.25. The summed E-state index contributed by atoms with van der Waals surface area (Å²) in [5.74, 6) is -0.867. The van der Waals surface area contributed by atoms with Gasteiger partial charge < -0.3 is 9.47 Å². The minimum absolute atomic E-state index is 0.305. The van der Waals surface area contributed by atoms with E-state index in [2.05, 4.69) is 0 Å². The molecule has 0 saturated heterocycles. The molecule has 0 aliphatic carbocycles. The Hall–Kier alpha value is -1.11. The maximum absolute atomic E-state index is 11.6. The van der Waals surface area contributed by atoms with E-state index < -0.39 is 11.9 Å². The summed E-state index contributed by atoms with van der Waals surface area (Å²) in [6.45, 7) is 4.08. The van der Waals surface area contributed by atoms with Crippen molar-refractivity contribution < 1.29 is 19.1 Å². The van der Waals surface area contributed by atoms with Crippen LogP contribution in [-0.4, -0.2) is 25.2 Å². The van der Waals surface area contributed by atoms with Gasteiger partial charge in [0.2, 0.25) is 0 Å². The Kier molecular flexibility index (Phi) is 5.40. The summed E-state index contributed by atoms with van der Waals surface area (Å²) in [6, 6.07) is 4.82. The molecule has 0 bridgehead atoms. The van der Waals surface area contributed by atoms with Crippen LogP contribution in [0, 0.1) is 3.57 Å². The molecule has 0 aromatic heterocycles. The third-order valence-electron chi connectivity index (χ3n) is 1.92. The van der Waals surface area contributed by atoms with Gasteiger partial charge in [-0.2, -0.15) is 0 Å². The summed E-state index contributed by atoms with van der Waals surface area (Å²) in [7, 11) is 0. The molecule has 0 atom stereocenters. The molecule has 0 N–H and O–H groups in total. The van der Waals surface area contributed by atoms with E-state index in [-0.39, 0.29) is 0 Å². The molecule has 0 unspecified atom stereocenters. The standard InChI is InChI=1S/C12H13IO4/c1-3-16-11(14)8-5-9(7-10(13)6-8)12(15)17-4-2/h5-7H,3-4H2,1-2H3. The molecule has 1 rings (SSSR count). The van der Waals surface area contributed by atoms with Crippen molar-refractivity contribution in [2.45, 2.75) is 13.8 Å². The van der Waals surface area contributed by atoms with Gasteiger partial charge in [0.25, 0.3) is 0 Å². The maximum Gasteiger partial charge on any atom is 0.338 e. The van der Waals surface area contributed by atoms with Crippen molar-refractivity contribution in [3.63, 3.8) is 0 Å². The number of carbonyl (C=O) groups excluding carboxylic acids is 2. The van der Waals surface area contributed by atoms with Crippen molar-refractivity contribution in [3.05, 3.63) is 32.9 Å². The van der Waals surface area contributed by atoms with E-state index in [0.717, 1.165) is 3.57 Å². The highest BCUT2D eigenvalue weighted by Gasteiger charge is 2.13. The molecule has 0 heterocycles. The smallest absolute Gasteiger partial charge is 0.338 e. The third-order valence-corrected chi connectivity index (χ3v) is 2.54. The molecule has 0 saturated carbocycles. The number of hydrogen-bond donors (Lipinski definition) is 0. The lowest BCUT2D eigenvalue weighted by Crippen LogP contribution is -2.09. The SMILES string of the molecule is CCOC(=O)c1cc(I)cc(C(=O)OCC)c1. The van der Waals surface area contributed by atoms with Gasteiger partial charge in [0.15, 0.2) is 0 Å². The van der Waals surface area contributed by atoms with Crippen LogP contribution in [0.5, 0.6) is 0 Å². The highest BCUT2D eigenvalue weighted by molar-refractivity contribution is 14.1. The second-order valence-corrected chi connectivity index (χ2v) is 4.42. The van der Waals surface area contributed by atoms with Crippen molar-refractivity contribution in [2.24, 2.45) is 0 Å². The van der Waals surface area contributed by atoms with Crippen LogP contribution in [0.2, 0.25) is 0 Å². The summed E-state index contributed by atoms with van der Waals surface area (Å²) in [4.78, 5) is 23.1. The van der Waals surface area contributed by atoms with Crippen LogP contribution < -0.4 is 0 Å². The largest absolute Gasteiger partial charge is 0.462 e. The van der Waals surface area contributed by atoms with Gasteiger partial charge in [-0.05, 0) is 54.6 Å². The lowest BCUT2D eigenvalue weighted by atomic mass is 10.1. The molecule has 0 aliphatic heterocycles. The third kappa shape index (κ3) is 3.99. The van der Waals surface area contributed by atoms with E-state index >= 15 is 0 Å². The fourth-order valence-corrected chi connectivity index (χ4v) is 1.93. The Morgan fingerprint density at radius 2 is 1.41 bits per heavy atom. The highest BCUT2D eigenvalue weighted by Crippen LogP contribution is 2.14. The monoisotopic (exact) mass is 348 g/mol. The van der Waals surface area contributed by atoms with Crippen molar-refractivity contribution in [2.75, 3.05) is 13.2 Å². The first-order valence-electron chi connectivity index (χ1n) is 5.23. The van der Waals surface area contributed by atoms with Gasteiger partial charge in [-0.15, -0.1) is 0 Å². The van der Waals surface area contributed by atoms with E-state index in [1.54, 1.807) is 26.0 Å². The maximum atomic E-state index is 11.6. The van der Waals surface area contributed by atoms with E-state index in [1.807, 2.05) is 22.6 Å². The van der Waals surface area contributed by atoms with Crippen LogP contribution in [0.4, 0.5) is 0 Å². The van der Waals surface area contributed by atoms with Crippen LogP contribution in [0.15, 0.2) is 18.2 Å². The zero-order valence-electron chi connectivity index (χ0n) is 9.66.